The van der Waals surface area contributed by atoms with Crippen LogP contribution >= 0.6 is 0 Å². The molecule has 2 amide bonds. The van der Waals surface area contributed by atoms with Gasteiger partial charge in [-0.1, -0.05) is 18.2 Å². The molecule has 0 spiro atoms. The standard InChI is InChI=1S/C18H14F6N2O3/c1-29-14-5-3-2-4-10(14)9-25-15(27)16(28)26-13-7-11(17(19,20)21)6-12(8-13)18(22,23)24/h2-8H,9H2,1H3,(H,25,27)(H,26,28). The second-order valence-corrected chi connectivity index (χ2v) is 5.74. The van der Waals surface area contributed by atoms with E-state index < -0.39 is 41.0 Å². The molecular formula is C18H14F6N2O3. The van der Waals surface area contributed by atoms with E-state index in [0.29, 0.717) is 23.4 Å². The lowest BCUT2D eigenvalue weighted by atomic mass is 10.1. The summed E-state index contributed by atoms with van der Waals surface area (Å²) in [5.74, 6) is -2.25. The summed E-state index contributed by atoms with van der Waals surface area (Å²) in [5.41, 5.74) is -3.53. The number of halogens is 6. The third-order valence-electron chi connectivity index (χ3n) is 3.68. The Morgan fingerprint density at radius 1 is 0.897 bits per heavy atom. The van der Waals surface area contributed by atoms with Gasteiger partial charge in [0.25, 0.3) is 0 Å². The highest BCUT2D eigenvalue weighted by Gasteiger charge is 2.37. The Balaban J connectivity index is 2.15. The first-order valence-electron chi connectivity index (χ1n) is 7.92. The molecule has 0 fully saturated rings. The van der Waals surface area contributed by atoms with Crippen LogP contribution in [0.3, 0.4) is 0 Å². The maximum Gasteiger partial charge on any atom is 0.416 e. The highest BCUT2D eigenvalue weighted by molar-refractivity contribution is 6.39. The number of hydrogen-bond donors (Lipinski definition) is 2. The third-order valence-corrected chi connectivity index (χ3v) is 3.68. The Morgan fingerprint density at radius 2 is 1.45 bits per heavy atom. The predicted octanol–water partition coefficient (Wildman–Crippen LogP) is 3.99. The molecular weight excluding hydrogens is 406 g/mol. The number of hydrogen-bond acceptors (Lipinski definition) is 3. The molecule has 0 aliphatic rings. The molecule has 156 valence electrons. The average Bonchev–Trinajstić information content (AvgIpc) is 2.64. The van der Waals surface area contributed by atoms with Gasteiger partial charge in [-0.25, -0.2) is 0 Å². The fraction of sp³-hybridized carbons (Fsp3) is 0.222. The number of ether oxygens (including phenoxy) is 1. The molecule has 0 unspecified atom stereocenters. The van der Waals surface area contributed by atoms with Crippen molar-refractivity contribution in [2.75, 3.05) is 12.4 Å². The lowest BCUT2D eigenvalue weighted by Crippen LogP contribution is -2.35. The molecule has 2 aromatic rings. The molecule has 0 aliphatic carbocycles. The zero-order valence-electron chi connectivity index (χ0n) is 14.7. The number of anilines is 1. The Morgan fingerprint density at radius 3 is 1.97 bits per heavy atom. The van der Waals surface area contributed by atoms with Crippen molar-refractivity contribution in [1.29, 1.82) is 0 Å². The van der Waals surface area contributed by atoms with Crippen molar-refractivity contribution in [2.24, 2.45) is 0 Å². The molecule has 29 heavy (non-hydrogen) atoms. The number of rotatable bonds is 4. The van der Waals surface area contributed by atoms with E-state index in [1.165, 1.54) is 7.11 Å². The number of carbonyl (C=O) groups is 2. The van der Waals surface area contributed by atoms with E-state index in [1.807, 2.05) is 0 Å². The van der Waals surface area contributed by atoms with Gasteiger partial charge < -0.3 is 15.4 Å². The number of amides is 2. The van der Waals surface area contributed by atoms with Crippen molar-refractivity contribution in [3.63, 3.8) is 0 Å². The van der Waals surface area contributed by atoms with Crippen molar-refractivity contribution in [3.8, 4) is 5.75 Å². The lowest BCUT2D eigenvalue weighted by molar-refractivity contribution is -0.143. The van der Waals surface area contributed by atoms with E-state index in [9.17, 15) is 35.9 Å². The highest BCUT2D eigenvalue weighted by atomic mass is 19.4. The van der Waals surface area contributed by atoms with Gasteiger partial charge in [0.2, 0.25) is 0 Å². The average molecular weight is 420 g/mol. The van der Waals surface area contributed by atoms with E-state index in [2.05, 4.69) is 5.32 Å². The molecule has 0 bridgehead atoms. The summed E-state index contributed by atoms with van der Waals surface area (Å²) in [6, 6.07) is 7.04. The summed E-state index contributed by atoms with van der Waals surface area (Å²) in [4.78, 5) is 23.8. The van der Waals surface area contributed by atoms with E-state index in [1.54, 1.807) is 29.6 Å². The number of para-hydroxylation sites is 1. The second-order valence-electron chi connectivity index (χ2n) is 5.74. The Kier molecular flexibility index (Phi) is 6.40. The maximum absolute atomic E-state index is 12.8. The summed E-state index contributed by atoms with van der Waals surface area (Å²) < 4.78 is 82.1. The summed E-state index contributed by atoms with van der Waals surface area (Å²) in [6.07, 6.45) is -10.2. The van der Waals surface area contributed by atoms with Crippen LogP contribution in [0.5, 0.6) is 5.75 Å². The number of alkyl halides is 6. The van der Waals surface area contributed by atoms with Gasteiger partial charge in [-0.3, -0.25) is 9.59 Å². The molecule has 0 saturated carbocycles. The number of benzene rings is 2. The monoisotopic (exact) mass is 420 g/mol. The topological polar surface area (TPSA) is 67.4 Å². The van der Waals surface area contributed by atoms with Crippen LogP contribution < -0.4 is 15.4 Å². The van der Waals surface area contributed by atoms with Crippen LogP contribution in [0.4, 0.5) is 32.0 Å². The first-order chi connectivity index (χ1) is 13.4. The molecule has 0 radical (unpaired) electrons. The Hall–Kier alpha value is -3.24. The van der Waals surface area contributed by atoms with Gasteiger partial charge in [-0.2, -0.15) is 26.3 Å². The molecule has 2 aromatic carbocycles. The lowest BCUT2D eigenvalue weighted by Gasteiger charge is -2.15. The molecule has 0 aromatic heterocycles. The summed E-state index contributed by atoms with van der Waals surface area (Å²) in [7, 11) is 1.39. The van der Waals surface area contributed by atoms with E-state index >= 15 is 0 Å². The summed E-state index contributed by atoms with van der Waals surface area (Å²) >= 11 is 0. The molecule has 2 N–H and O–H groups in total. The van der Waals surface area contributed by atoms with Gasteiger partial charge in [-0.15, -0.1) is 0 Å². The van der Waals surface area contributed by atoms with Crippen LogP contribution in [0, 0.1) is 0 Å². The van der Waals surface area contributed by atoms with Crippen LogP contribution in [-0.4, -0.2) is 18.9 Å². The van der Waals surface area contributed by atoms with Gasteiger partial charge in [0, 0.05) is 17.8 Å². The van der Waals surface area contributed by atoms with E-state index in [-0.39, 0.29) is 12.6 Å². The predicted molar refractivity (Wildman–Crippen MR) is 89.9 cm³/mol. The SMILES string of the molecule is COc1ccccc1CNC(=O)C(=O)Nc1cc(C(F)(F)F)cc(C(F)(F)F)c1. The van der Waals surface area contributed by atoms with E-state index in [4.69, 9.17) is 4.74 Å². The summed E-state index contributed by atoms with van der Waals surface area (Å²) in [5, 5.41) is 3.96. The zero-order chi connectivity index (χ0) is 21.8. The van der Waals surface area contributed by atoms with Crippen molar-refractivity contribution < 1.29 is 40.7 Å². The zero-order valence-corrected chi connectivity index (χ0v) is 14.7. The first-order valence-corrected chi connectivity index (χ1v) is 7.92. The molecule has 0 saturated heterocycles. The fourth-order valence-corrected chi connectivity index (χ4v) is 2.32. The quantitative estimate of drug-likeness (QED) is 0.581. The summed E-state index contributed by atoms with van der Waals surface area (Å²) in [6.45, 7) is -0.146. The minimum Gasteiger partial charge on any atom is -0.496 e. The molecule has 5 nitrogen and oxygen atoms in total. The normalized spacial score (nSPS) is 11.7. The number of nitrogens with one attached hydrogen (secondary N) is 2. The number of methoxy groups -OCH3 is 1. The number of carbonyl (C=O) groups excluding carboxylic acids is 2. The van der Waals surface area contributed by atoms with Gasteiger partial charge in [-0.05, 0) is 24.3 Å². The van der Waals surface area contributed by atoms with E-state index in [0.717, 1.165) is 0 Å². The highest BCUT2D eigenvalue weighted by Crippen LogP contribution is 2.37. The molecule has 0 aliphatic heterocycles. The minimum atomic E-state index is -5.08. The second kappa shape index (κ2) is 8.41. The third kappa shape index (κ3) is 5.87. The maximum atomic E-state index is 12.8. The fourth-order valence-electron chi connectivity index (χ4n) is 2.32. The van der Waals surface area contributed by atoms with Crippen LogP contribution in [0.25, 0.3) is 0 Å². The Bertz CT molecular complexity index is 877. The van der Waals surface area contributed by atoms with Crippen molar-refractivity contribution in [2.45, 2.75) is 18.9 Å². The first kappa shape index (κ1) is 22.1. The largest absolute Gasteiger partial charge is 0.496 e. The smallest absolute Gasteiger partial charge is 0.416 e. The molecule has 11 heteroatoms. The van der Waals surface area contributed by atoms with Crippen LogP contribution in [-0.2, 0) is 28.5 Å². The van der Waals surface area contributed by atoms with Crippen molar-refractivity contribution in [1.82, 2.24) is 5.32 Å². The van der Waals surface area contributed by atoms with Gasteiger partial charge in [0.15, 0.2) is 0 Å². The van der Waals surface area contributed by atoms with Gasteiger partial charge >= 0.3 is 24.2 Å². The Labute approximate surface area is 160 Å². The molecule has 0 heterocycles. The molecule has 2 rings (SSSR count). The van der Waals surface area contributed by atoms with Crippen molar-refractivity contribution in [3.05, 3.63) is 59.2 Å². The van der Waals surface area contributed by atoms with Crippen LogP contribution in [0.2, 0.25) is 0 Å². The van der Waals surface area contributed by atoms with Crippen LogP contribution in [0.1, 0.15) is 16.7 Å². The minimum absolute atomic E-state index is 0.0859. The van der Waals surface area contributed by atoms with Gasteiger partial charge in [0.1, 0.15) is 5.75 Å². The van der Waals surface area contributed by atoms with Crippen LogP contribution in [0.15, 0.2) is 42.5 Å². The van der Waals surface area contributed by atoms with Gasteiger partial charge in [0.05, 0.1) is 18.2 Å². The van der Waals surface area contributed by atoms with Crippen molar-refractivity contribution >= 4 is 17.5 Å². The molecule has 0 atom stereocenters.